The minimum absolute atomic E-state index is 0.00600. The van der Waals surface area contributed by atoms with Crippen LogP contribution in [0.3, 0.4) is 0 Å². The molecule has 5 aliphatic carbocycles. The van der Waals surface area contributed by atoms with Gasteiger partial charge in [-0.1, -0.05) is 97.4 Å². The number of carboxylic acids is 1. The number of aromatic carboxylic acids is 1. The standard InChI is InChI=1S/C49H76N2O5/c1-33(2)36-23-28-49(44(56)51(32-34-17-19-35(20-18-34)43(54)55)41(53)16-14-12-10-8-9-11-13-15-31-50)30-29-47(6)37(42(36)49)21-22-39-46(5)26-25-40(52)45(3,4)38(46)24-27-48(39,47)7/h17-20,36-40,42,52H,1,8-16,21-32,50H2,2-7H3,(H,54,55)/t36-,37+,38-,39?,40-,42+,46-,47+,48+,49-/m0/s1. The average Bonchev–Trinajstić information content (AvgIpc) is 3.56. The van der Waals surface area contributed by atoms with Crippen molar-refractivity contribution in [1.29, 1.82) is 0 Å². The first-order valence-corrected chi connectivity index (χ1v) is 22.7. The van der Waals surface area contributed by atoms with Crippen molar-refractivity contribution in [2.24, 2.45) is 62.4 Å². The van der Waals surface area contributed by atoms with Crippen LogP contribution in [0.15, 0.2) is 36.4 Å². The second kappa shape index (κ2) is 16.6. The Hall–Kier alpha value is -2.51. The van der Waals surface area contributed by atoms with Crippen LogP contribution in [-0.4, -0.2) is 45.5 Å². The Balaban J connectivity index is 1.28. The molecule has 312 valence electrons. The number of hydrogen-bond donors (Lipinski definition) is 3. The van der Waals surface area contributed by atoms with Gasteiger partial charge < -0.3 is 15.9 Å². The van der Waals surface area contributed by atoms with Crippen molar-refractivity contribution >= 4 is 17.8 Å². The van der Waals surface area contributed by atoms with Crippen molar-refractivity contribution < 1.29 is 24.6 Å². The van der Waals surface area contributed by atoms with Gasteiger partial charge in [0.1, 0.15) is 0 Å². The molecule has 2 amide bonds. The van der Waals surface area contributed by atoms with Crippen LogP contribution in [0, 0.1) is 56.7 Å². The van der Waals surface area contributed by atoms with E-state index < -0.39 is 11.4 Å². The number of amides is 2. The molecule has 4 N–H and O–H groups in total. The summed E-state index contributed by atoms with van der Waals surface area (Å²) in [5.41, 5.74) is 7.47. The van der Waals surface area contributed by atoms with Gasteiger partial charge in [0.05, 0.1) is 23.6 Å². The van der Waals surface area contributed by atoms with E-state index in [-0.39, 0.29) is 63.5 Å². The van der Waals surface area contributed by atoms with Gasteiger partial charge in [0.15, 0.2) is 0 Å². The highest BCUT2D eigenvalue weighted by molar-refractivity contribution is 5.98. The first-order chi connectivity index (χ1) is 26.5. The Morgan fingerprint density at radius 2 is 1.41 bits per heavy atom. The van der Waals surface area contributed by atoms with E-state index in [2.05, 4.69) is 48.1 Å². The molecule has 0 heterocycles. The molecule has 7 heteroatoms. The average molecular weight is 773 g/mol. The molecule has 1 unspecified atom stereocenters. The smallest absolute Gasteiger partial charge is 0.335 e. The highest BCUT2D eigenvalue weighted by Gasteiger charge is 2.72. The molecule has 5 saturated carbocycles. The maximum absolute atomic E-state index is 15.6. The van der Waals surface area contributed by atoms with Crippen LogP contribution in [0.5, 0.6) is 0 Å². The van der Waals surface area contributed by atoms with Crippen LogP contribution < -0.4 is 5.73 Å². The highest BCUT2D eigenvalue weighted by atomic mass is 16.4. The predicted octanol–water partition coefficient (Wildman–Crippen LogP) is 10.7. The molecule has 6 rings (SSSR count). The lowest BCUT2D eigenvalue weighted by atomic mass is 9.32. The molecule has 0 radical (unpaired) electrons. The highest BCUT2D eigenvalue weighted by Crippen LogP contribution is 2.77. The normalized spacial score (nSPS) is 37.1. The maximum Gasteiger partial charge on any atom is 0.335 e. The molecule has 56 heavy (non-hydrogen) atoms. The van der Waals surface area contributed by atoms with Crippen molar-refractivity contribution in [2.75, 3.05) is 6.54 Å². The topological polar surface area (TPSA) is 121 Å². The number of carbonyl (C=O) groups excluding carboxylic acids is 2. The number of allylic oxidation sites excluding steroid dienone is 1. The minimum atomic E-state index is -0.987. The molecule has 0 spiro atoms. The number of carboxylic acid groups (broad SMARTS) is 1. The van der Waals surface area contributed by atoms with Gasteiger partial charge >= 0.3 is 5.97 Å². The van der Waals surface area contributed by atoms with Gasteiger partial charge in [0.25, 0.3) is 0 Å². The third kappa shape index (κ3) is 7.37. The molecule has 0 aromatic heterocycles. The Kier molecular flexibility index (Phi) is 12.8. The van der Waals surface area contributed by atoms with Crippen LogP contribution in [0.25, 0.3) is 0 Å². The van der Waals surface area contributed by atoms with Gasteiger partial charge in [0.2, 0.25) is 11.8 Å². The molecule has 10 atom stereocenters. The number of imide groups is 1. The number of carbonyl (C=O) groups is 3. The van der Waals surface area contributed by atoms with E-state index in [1.807, 2.05) is 0 Å². The second-order valence-electron chi connectivity index (χ2n) is 20.9. The summed E-state index contributed by atoms with van der Waals surface area (Å²) in [4.78, 5) is 43.3. The first-order valence-electron chi connectivity index (χ1n) is 22.7. The van der Waals surface area contributed by atoms with Gasteiger partial charge in [-0.3, -0.25) is 14.5 Å². The van der Waals surface area contributed by atoms with Gasteiger partial charge in [-0.25, -0.2) is 4.79 Å². The summed E-state index contributed by atoms with van der Waals surface area (Å²) in [7, 11) is 0. The van der Waals surface area contributed by atoms with Crippen LogP contribution >= 0.6 is 0 Å². The van der Waals surface area contributed by atoms with Gasteiger partial charge in [-0.2, -0.15) is 0 Å². The Bertz CT molecular complexity index is 1600. The Morgan fingerprint density at radius 3 is 2.04 bits per heavy atom. The van der Waals surface area contributed by atoms with Crippen molar-refractivity contribution in [1.82, 2.24) is 4.90 Å². The quantitative estimate of drug-likeness (QED) is 0.121. The van der Waals surface area contributed by atoms with Crippen LogP contribution in [0.4, 0.5) is 0 Å². The lowest BCUT2D eigenvalue weighted by Crippen LogP contribution is -2.67. The van der Waals surface area contributed by atoms with E-state index in [0.29, 0.717) is 24.2 Å². The number of nitrogens with two attached hydrogens (primary N) is 1. The molecule has 7 nitrogen and oxygen atoms in total. The van der Waals surface area contributed by atoms with E-state index in [4.69, 9.17) is 5.73 Å². The SMILES string of the molecule is C=C(C)[C@@H]1CC[C@]2(C(=O)N(Cc3ccc(C(=O)O)cc3)C(=O)CCCCCCCCCCN)CC[C@]3(C)[C@H](CCC4[C@@]5(C)CC[C@H](O)C(C)(C)[C@@H]5CC[C@]43C)[C@@H]12. The van der Waals surface area contributed by atoms with E-state index in [0.717, 1.165) is 108 Å². The Labute approximate surface area is 339 Å². The maximum atomic E-state index is 15.6. The van der Waals surface area contributed by atoms with Crippen LogP contribution in [-0.2, 0) is 16.1 Å². The molecule has 5 aliphatic rings. The molecule has 1 aromatic rings. The zero-order chi connectivity index (χ0) is 40.7. The second-order valence-corrected chi connectivity index (χ2v) is 20.9. The summed E-state index contributed by atoms with van der Waals surface area (Å²) >= 11 is 0. The fraction of sp³-hybridized carbons (Fsp3) is 0.776. The summed E-state index contributed by atoms with van der Waals surface area (Å²) in [6.07, 6.45) is 18.8. The third-order valence-corrected chi connectivity index (χ3v) is 17.9. The van der Waals surface area contributed by atoms with E-state index in [1.165, 1.54) is 24.8 Å². The number of hydrogen-bond acceptors (Lipinski definition) is 5. The number of unbranched alkanes of at least 4 members (excludes halogenated alkanes) is 7. The van der Waals surface area contributed by atoms with Crippen LogP contribution in [0.2, 0.25) is 0 Å². The van der Waals surface area contributed by atoms with E-state index in [1.54, 1.807) is 29.2 Å². The Morgan fingerprint density at radius 1 is 0.768 bits per heavy atom. The summed E-state index contributed by atoms with van der Waals surface area (Å²) in [6, 6.07) is 6.71. The summed E-state index contributed by atoms with van der Waals surface area (Å²) in [5, 5.41) is 20.7. The summed E-state index contributed by atoms with van der Waals surface area (Å²) in [6.45, 7) is 20.0. The zero-order valence-corrected chi connectivity index (χ0v) is 36.0. The van der Waals surface area contributed by atoms with Gasteiger partial charge in [-0.15, -0.1) is 0 Å². The number of aliphatic hydroxyl groups is 1. The molecule has 0 saturated heterocycles. The third-order valence-electron chi connectivity index (χ3n) is 17.9. The molecule has 1 aromatic carbocycles. The van der Waals surface area contributed by atoms with E-state index >= 15 is 4.79 Å². The number of benzene rings is 1. The van der Waals surface area contributed by atoms with Crippen molar-refractivity contribution in [3.63, 3.8) is 0 Å². The van der Waals surface area contributed by atoms with Gasteiger partial charge in [0, 0.05) is 6.42 Å². The zero-order valence-electron chi connectivity index (χ0n) is 36.0. The lowest BCUT2D eigenvalue weighted by molar-refractivity contribution is -0.247. The first kappa shape index (κ1) is 43.1. The molecular formula is C49H76N2O5. The molecule has 0 bridgehead atoms. The van der Waals surface area contributed by atoms with Crippen molar-refractivity contribution in [3.8, 4) is 0 Å². The van der Waals surface area contributed by atoms with Crippen molar-refractivity contribution in [3.05, 3.63) is 47.5 Å². The van der Waals surface area contributed by atoms with Crippen LogP contribution in [0.1, 0.15) is 179 Å². The summed E-state index contributed by atoms with van der Waals surface area (Å²) in [5.74, 6) is 0.757. The largest absolute Gasteiger partial charge is 0.478 e. The number of fused-ring (bicyclic) bond motifs is 7. The fourth-order valence-electron chi connectivity index (χ4n) is 14.6. The minimum Gasteiger partial charge on any atom is -0.478 e. The van der Waals surface area contributed by atoms with Crippen molar-refractivity contribution in [2.45, 2.75) is 176 Å². The van der Waals surface area contributed by atoms with E-state index in [9.17, 15) is 19.8 Å². The van der Waals surface area contributed by atoms with Gasteiger partial charge in [-0.05, 0) is 159 Å². The predicted molar refractivity (Wildman–Crippen MR) is 225 cm³/mol. The molecule has 0 aliphatic heterocycles. The monoisotopic (exact) mass is 773 g/mol. The number of rotatable bonds is 15. The number of nitrogens with zero attached hydrogens (tertiary/aromatic N) is 1. The fourth-order valence-corrected chi connectivity index (χ4v) is 14.6. The summed E-state index contributed by atoms with van der Waals surface area (Å²) < 4.78 is 0. The lowest BCUT2D eigenvalue weighted by Gasteiger charge is -2.72. The number of aliphatic hydroxyl groups excluding tert-OH is 1. The molecule has 5 fully saturated rings. The molecular weight excluding hydrogens is 697 g/mol.